The number of aldehydes is 1. The number of hydrogen-bond acceptors (Lipinski definition) is 4. The molecule has 0 bridgehead atoms. The van der Waals surface area contributed by atoms with Gasteiger partial charge < -0.3 is 0 Å². The minimum Gasteiger partial charge on any atom is -0.298 e. The summed E-state index contributed by atoms with van der Waals surface area (Å²) < 4.78 is 0.748. The van der Waals surface area contributed by atoms with Crippen LogP contribution in [0.1, 0.15) is 10.4 Å². The van der Waals surface area contributed by atoms with E-state index in [1.165, 1.54) is 23.5 Å². The molecule has 0 fully saturated rings. The van der Waals surface area contributed by atoms with Crippen LogP contribution < -0.4 is 0 Å². The molecule has 0 aliphatic carbocycles. The van der Waals surface area contributed by atoms with Crippen LogP contribution in [-0.4, -0.2) is 24.6 Å². The first-order chi connectivity index (χ1) is 9.71. The summed E-state index contributed by atoms with van der Waals surface area (Å²) in [5.41, 5.74) is 0.784. The van der Waals surface area contributed by atoms with E-state index < -0.39 is 0 Å². The van der Waals surface area contributed by atoms with E-state index in [1.807, 2.05) is 48.9 Å². The highest BCUT2D eigenvalue weighted by molar-refractivity contribution is 8.21. The molecule has 102 valence electrons. The van der Waals surface area contributed by atoms with Gasteiger partial charge in [0.05, 0.1) is 9.81 Å². The lowest BCUT2D eigenvalue weighted by Crippen LogP contribution is -2.06. The molecule has 2 aromatic rings. The summed E-state index contributed by atoms with van der Waals surface area (Å²) in [4.78, 5) is 23.7. The molecule has 0 radical (unpaired) electrons. The molecule has 2 aromatic carbocycles. The smallest absolute Gasteiger partial charge is 0.197 e. The maximum Gasteiger partial charge on any atom is 0.197 e. The molecule has 0 spiro atoms. The molecule has 0 saturated carbocycles. The Balaban J connectivity index is 2.49. The number of allylic oxidation sites excluding steroid dienone is 1. The fourth-order valence-corrected chi connectivity index (χ4v) is 3.37. The lowest BCUT2D eigenvalue weighted by atomic mass is 10.0. The molecule has 0 aliphatic rings. The van der Waals surface area contributed by atoms with Gasteiger partial charge in [-0.15, -0.1) is 23.5 Å². The van der Waals surface area contributed by atoms with E-state index in [9.17, 15) is 9.59 Å². The van der Waals surface area contributed by atoms with Crippen LogP contribution in [0.15, 0.2) is 52.3 Å². The quantitative estimate of drug-likeness (QED) is 0.273. The highest BCUT2D eigenvalue weighted by Crippen LogP contribution is 2.29. The van der Waals surface area contributed by atoms with E-state index in [0.29, 0.717) is 11.8 Å². The third kappa shape index (κ3) is 2.97. The number of fused-ring (bicyclic) bond motifs is 1. The Morgan fingerprint density at radius 3 is 2.25 bits per heavy atom. The topological polar surface area (TPSA) is 34.1 Å². The lowest BCUT2D eigenvalue weighted by molar-refractivity contribution is -0.104. The van der Waals surface area contributed by atoms with Crippen molar-refractivity contribution in [2.24, 2.45) is 0 Å². The SMILES string of the molecule is CSC(SC)=C(C=O)C(=O)c1ccc2ccccc2c1. The number of carbonyl (C=O) groups excluding carboxylic acids is 2. The van der Waals surface area contributed by atoms with Gasteiger partial charge in [0.2, 0.25) is 0 Å². The molecular weight excluding hydrogens is 288 g/mol. The molecule has 0 atom stereocenters. The summed E-state index contributed by atoms with van der Waals surface area (Å²) in [7, 11) is 0. The number of ketones is 1. The van der Waals surface area contributed by atoms with E-state index in [0.717, 1.165) is 15.0 Å². The average Bonchev–Trinajstić information content (AvgIpc) is 2.51. The fraction of sp³-hybridized carbons (Fsp3) is 0.125. The Bertz CT molecular complexity index is 684. The number of benzene rings is 2. The van der Waals surface area contributed by atoms with E-state index in [4.69, 9.17) is 0 Å². The van der Waals surface area contributed by atoms with Crippen LogP contribution in [0.3, 0.4) is 0 Å². The van der Waals surface area contributed by atoms with Crippen molar-refractivity contribution >= 4 is 46.4 Å². The molecular formula is C16H14O2S2. The second kappa shape index (κ2) is 6.77. The van der Waals surface area contributed by atoms with Gasteiger partial charge in [0.15, 0.2) is 12.1 Å². The number of thioether (sulfide) groups is 2. The Morgan fingerprint density at radius 1 is 1.00 bits per heavy atom. The van der Waals surface area contributed by atoms with E-state index in [-0.39, 0.29) is 11.4 Å². The summed E-state index contributed by atoms with van der Waals surface area (Å²) in [6, 6.07) is 13.4. The predicted molar refractivity (Wildman–Crippen MR) is 88.4 cm³/mol. The largest absolute Gasteiger partial charge is 0.298 e. The minimum atomic E-state index is -0.218. The molecule has 0 unspecified atom stereocenters. The van der Waals surface area contributed by atoms with Crippen LogP contribution >= 0.6 is 23.5 Å². The van der Waals surface area contributed by atoms with Crippen molar-refractivity contribution in [1.82, 2.24) is 0 Å². The van der Waals surface area contributed by atoms with Gasteiger partial charge in [0, 0.05) is 5.56 Å². The summed E-state index contributed by atoms with van der Waals surface area (Å²) in [5, 5.41) is 2.08. The van der Waals surface area contributed by atoms with Crippen molar-refractivity contribution < 1.29 is 9.59 Å². The number of Topliss-reactive ketones (excluding diaryl/α,β-unsaturated/α-hetero) is 1. The summed E-state index contributed by atoms with van der Waals surface area (Å²) >= 11 is 2.84. The minimum absolute atomic E-state index is 0.218. The summed E-state index contributed by atoms with van der Waals surface area (Å²) in [6.07, 6.45) is 4.38. The molecule has 0 saturated heterocycles. The third-order valence-electron chi connectivity index (χ3n) is 2.96. The van der Waals surface area contributed by atoms with Gasteiger partial charge in [-0.3, -0.25) is 9.59 Å². The summed E-state index contributed by atoms with van der Waals surface area (Å²) in [5.74, 6) is -0.218. The third-order valence-corrected chi connectivity index (χ3v) is 5.15. The van der Waals surface area contributed by atoms with Crippen molar-refractivity contribution in [2.75, 3.05) is 12.5 Å². The molecule has 20 heavy (non-hydrogen) atoms. The van der Waals surface area contributed by atoms with Crippen LogP contribution in [0.2, 0.25) is 0 Å². The number of rotatable bonds is 5. The molecule has 0 aromatic heterocycles. The normalized spacial score (nSPS) is 10.3. The Hall–Kier alpha value is -1.52. The summed E-state index contributed by atoms with van der Waals surface area (Å²) in [6.45, 7) is 0. The van der Waals surface area contributed by atoms with Crippen LogP contribution in [0, 0.1) is 0 Å². The average molecular weight is 302 g/mol. The fourth-order valence-electron chi connectivity index (χ4n) is 1.98. The van der Waals surface area contributed by atoms with Crippen LogP contribution in [0.5, 0.6) is 0 Å². The predicted octanol–water partition coefficient (Wildman–Crippen LogP) is 4.16. The van der Waals surface area contributed by atoms with Crippen molar-refractivity contribution in [3.8, 4) is 0 Å². The van der Waals surface area contributed by atoms with Gasteiger partial charge in [0.1, 0.15) is 0 Å². The van der Waals surface area contributed by atoms with E-state index in [2.05, 4.69) is 0 Å². The van der Waals surface area contributed by atoms with Crippen molar-refractivity contribution in [3.05, 3.63) is 57.8 Å². The highest BCUT2D eigenvalue weighted by Gasteiger charge is 2.16. The van der Waals surface area contributed by atoms with E-state index >= 15 is 0 Å². The first-order valence-corrected chi connectivity index (χ1v) is 8.47. The standard InChI is InChI=1S/C16H14O2S2/c1-19-16(20-2)14(10-17)15(18)13-8-7-11-5-3-4-6-12(11)9-13/h3-10H,1-2H3. The van der Waals surface area contributed by atoms with E-state index in [1.54, 1.807) is 6.07 Å². The van der Waals surface area contributed by atoms with Gasteiger partial charge in [0.25, 0.3) is 0 Å². The van der Waals surface area contributed by atoms with Crippen LogP contribution in [0.25, 0.3) is 10.8 Å². The molecule has 4 heteroatoms. The maximum absolute atomic E-state index is 12.5. The van der Waals surface area contributed by atoms with Crippen LogP contribution in [-0.2, 0) is 4.79 Å². The Labute approximate surface area is 126 Å². The molecule has 0 N–H and O–H groups in total. The second-order valence-electron chi connectivity index (χ2n) is 4.12. The highest BCUT2D eigenvalue weighted by atomic mass is 32.2. The lowest BCUT2D eigenvalue weighted by Gasteiger charge is -2.06. The van der Waals surface area contributed by atoms with Gasteiger partial charge in [-0.1, -0.05) is 36.4 Å². The van der Waals surface area contributed by atoms with Gasteiger partial charge in [-0.05, 0) is 29.4 Å². The molecule has 2 rings (SSSR count). The zero-order chi connectivity index (χ0) is 14.5. The van der Waals surface area contributed by atoms with Crippen LogP contribution in [0.4, 0.5) is 0 Å². The van der Waals surface area contributed by atoms with Gasteiger partial charge in [-0.2, -0.15) is 0 Å². The van der Waals surface area contributed by atoms with Crippen molar-refractivity contribution in [1.29, 1.82) is 0 Å². The molecule has 0 amide bonds. The Morgan fingerprint density at radius 2 is 1.65 bits per heavy atom. The number of hydrogen-bond donors (Lipinski definition) is 0. The first-order valence-electron chi connectivity index (χ1n) is 6.02. The van der Waals surface area contributed by atoms with Crippen molar-refractivity contribution in [3.63, 3.8) is 0 Å². The molecule has 0 heterocycles. The van der Waals surface area contributed by atoms with Gasteiger partial charge >= 0.3 is 0 Å². The number of carbonyl (C=O) groups is 2. The first kappa shape index (κ1) is 14.9. The second-order valence-corrected chi connectivity index (χ2v) is 6.01. The maximum atomic E-state index is 12.5. The Kier molecular flexibility index (Phi) is 5.04. The zero-order valence-corrected chi connectivity index (χ0v) is 12.9. The van der Waals surface area contributed by atoms with Gasteiger partial charge in [-0.25, -0.2) is 0 Å². The molecule has 0 aliphatic heterocycles. The molecule has 2 nitrogen and oxygen atoms in total. The van der Waals surface area contributed by atoms with Crippen molar-refractivity contribution in [2.45, 2.75) is 0 Å². The zero-order valence-electron chi connectivity index (χ0n) is 11.3. The monoisotopic (exact) mass is 302 g/mol.